The van der Waals surface area contributed by atoms with E-state index in [2.05, 4.69) is 10.6 Å². The fourth-order valence-electron chi connectivity index (χ4n) is 5.31. The average Bonchev–Trinajstić information content (AvgIpc) is 3.39. The summed E-state index contributed by atoms with van der Waals surface area (Å²) in [6.07, 6.45) is 1.28. The number of halogens is 2. The third-order valence-electron chi connectivity index (χ3n) is 7.39. The number of aromatic nitrogens is 1. The van der Waals surface area contributed by atoms with E-state index < -0.39 is 59.4 Å². The number of hydrogen-bond acceptors (Lipinski definition) is 5. The van der Waals surface area contributed by atoms with Gasteiger partial charge in [0.15, 0.2) is 0 Å². The lowest BCUT2D eigenvalue weighted by atomic mass is 9.82. The number of likely N-dealkylation sites (N-methyl/N-ethyl adjacent to an activating group) is 1. The van der Waals surface area contributed by atoms with Crippen LogP contribution in [0.25, 0.3) is 11.1 Å². The second-order valence-electron chi connectivity index (χ2n) is 11.9. The number of nitrogens with one attached hydrogen (secondary N) is 2. The van der Waals surface area contributed by atoms with Gasteiger partial charge in [-0.3, -0.25) is 19.2 Å². The van der Waals surface area contributed by atoms with Gasteiger partial charge in [0.1, 0.15) is 24.3 Å². The standard InChI is InChI=1S/C33H41F2N5O5/c1-33(2,3)31(40(30(44)20-41)15-14-26(32(45)37-4)38-29(43)13-12-28(36)42)27-16-22(24-17-23(34)10-11-25(24)35)19-39(27)18-21-8-6-5-7-9-21/h5-11,16-17,19,26,31,41H,12-15,18,20H2,1-4H3,(H2,36,42)(H,37,45)(H,38,43)/t26-,31-/m0/s1. The van der Waals surface area contributed by atoms with Crippen molar-refractivity contribution in [1.29, 1.82) is 0 Å². The number of primary amides is 1. The molecule has 45 heavy (non-hydrogen) atoms. The van der Waals surface area contributed by atoms with Crippen molar-refractivity contribution in [3.05, 3.63) is 83.7 Å². The summed E-state index contributed by atoms with van der Waals surface area (Å²) in [6.45, 7) is 5.17. The molecule has 1 aromatic heterocycles. The molecule has 0 radical (unpaired) electrons. The highest BCUT2D eigenvalue weighted by atomic mass is 19.1. The summed E-state index contributed by atoms with van der Waals surface area (Å²) in [4.78, 5) is 51.1. The van der Waals surface area contributed by atoms with Crippen molar-refractivity contribution in [3.63, 3.8) is 0 Å². The van der Waals surface area contributed by atoms with Crippen LogP contribution < -0.4 is 16.4 Å². The lowest BCUT2D eigenvalue weighted by molar-refractivity contribution is -0.140. The van der Waals surface area contributed by atoms with E-state index in [9.17, 15) is 33.1 Å². The fraction of sp³-hybridized carbons (Fsp3) is 0.394. The van der Waals surface area contributed by atoms with Crippen molar-refractivity contribution in [2.45, 2.75) is 58.7 Å². The molecule has 12 heteroatoms. The Bertz CT molecular complexity index is 1500. The number of amides is 4. The molecular weight excluding hydrogens is 584 g/mol. The summed E-state index contributed by atoms with van der Waals surface area (Å²) in [6, 6.07) is 12.6. The van der Waals surface area contributed by atoms with Crippen molar-refractivity contribution in [2.24, 2.45) is 11.1 Å². The molecule has 0 aliphatic heterocycles. The monoisotopic (exact) mass is 625 g/mol. The number of nitrogens with zero attached hydrogens (tertiary/aromatic N) is 2. The van der Waals surface area contributed by atoms with Crippen LogP contribution in [0.2, 0.25) is 0 Å². The maximum atomic E-state index is 15.0. The number of aliphatic hydroxyl groups excluding tert-OH is 1. The van der Waals surface area contributed by atoms with Crippen LogP contribution in [-0.4, -0.2) is 64.4 Å². The highest BCUT2D eigenvalue weighted by Crippen LogP contribution is 2.41. The molecule has 2 aromatic carbocycles. The minimum Gasteiger partial charge on any atom is -0.387 e. The van der Waals surface area contributed by atoms with Gasteiger partial charge in [0.25, 0.3) is 0 Å². The Kier molecular flexibility index (Phi) is 12.0. The maximum Gasteiger partial charge on any atom is 0.248 e. The van der Waals surface area contributed by atoms with Crippen LogP contribution in [0.1, 0.15) is 57.3 Å². The van der Waals surface area contributed by atoms with E-state index in [0.717, 1.165) is 23.8 Å². The van der Waals surface area contributed by atoms with Crippen LogP contribution in [0.15, 0.2) is 60.8 Å². The van der Waals surface area contributed by atoms with E-state index in [0.29, 0.717) is 17.8 Å². The first-order valence-corrected chi connectivity index (χ1v) is 14.6. The number of benzene rings is 2. The molecule has 1 heterocycles. The first-order chi connectivity index (χ1) is 21.2. The molecular formula is C33H41F2N5O5. The lowest BCUT2D eigenvalue weighted by Crippen LogP contribution is -2.50. The molecule has 0 aliphatic rings. The third-order valence-corrected chi connectivity index (χ3v) is 7.39. The Labute approximate surface area is 261 Å². The second kappa shape index (κ2) is 15.4. The maximum absolute atomic E-state index is 15.0. The van der Waals surface area contributed by atoms with Gasteiger partial charge in [0, 0.05) is 56.0 Å². The molecule has 0 saturated carbocycles. The van der Waals surface area contributed by atoms with Gasteiger partial charge in [-0.25, -0.2) is 8.78 Å². The quantitative estimate of drug-likeness (QED) is 0.217. The molecule has 242 valence electrons. The molecule has 0 saturated heterocycles. The first kappa shape index (κ1) is 34.9. The summed E-state index contributed by atoms with van der Waals surface area (Å²) < 4.78 is 31.0. The molecule has 2 atom stereocenters. The number of aliphatic hydroxyl groups is 1. The molecule has 0 fully saturated rings. The summed E-state index contributed by atoms with van der Waals surface area (Å²) in [5.41, 5.74) is 6.44. The summed E-state index contributed by atoms with van der Waals surface area (Å²) in [5, 5.41) is 15.1. The molecule has 0 aliphatic carbocycles. The zero-order valence-electron chi connectivity index (χ0n) is 26.0. The van der Waals surface area contributed by atoms with E-state index in [1.165, 1.54) is 11.9 Å². The molecule has 0 bridgehead atoms. The summed E-state index contributed by atoms with van der Waals surface area (Å²) in [5.74, 6) is -3.58. The van der Waals surface area contributed by atoms with Crippen LogP contribution in [0.3, 0.4) is 0 Å². The Morgan fingerprint density at radius 1 is 1.02 bits per heavy atom. The Hall–Kier alpha value is -4.58. The van der Waals surface area contributed by atoms with Crippen molar-refractivity contribution in [1.82, 2.24) is 20.1 Å². The number of carbonyl (C=O) groups excluding carboxylic acids is 4. The molecule has 0 unspecified atom stereocenters. The summed E-state index contributed by atoms with van der Waals surface area (Å²) in [7, 11) is 1.41. The van der Waals surface area contributed by atoms with Gasteiger partial charge in [-0.15, -0.1) is 0 Å². The number of carbonyl (C=O) groups is 4. The minimum atomic E-state index is -1.06. The van der Waals surface area contributed by atoms with E-state index in [4.69, 9.17) is 5.73 Å². The Balaban J connectivity index is 2.09. The van der Waals surface area contributed by atoms with Crippen LogP contribution in [0.4, 0.5) is 8.78 Å². The molecule has 4 amide bonds. The van der Waals surface area contributed by atoms with Crippen LogP contribution in [-0.2, 0) is 25.7 Å². The first-order valence-electron chi connectivity index (χ1n) is 14.6. The zero-order valence-corrected chi connectivity index (χ0v) is 26.0. The van der Waals surface area contributed by atoms with Crippen molar-refractivity contribution in [2.75, 3.05) is 20.2 Å². The molecule has 10 nitrogen and oxygen atoms in total. The second-order valence-corrected chi connectivity index (χ2v) is 11.9. The zero-order chi connectivity index (χ0) is 33.3. The van der Waals surface area contributed by atoms with Crippen LogP contribution in [0, 0.1) is 17.0 Å². The normalized spacial score (nSPS) is 12.7. The highest BCUT2D eigenvalue weighted by molar-refractivity contribution is 5.89. The van der Waals surface area contributed by atoms with E-state index >= 15 is 0 Å². The molecule has 3 rings (SSSR count). The SMILES string of the molecule is CNC(=O)[C@H](CCN(C(=O)CO)[C@@H](c1cc(-c2cc(F)ccc2F)cn1Cc1ccccc1)C(C)(C)C)NC(=O)CCC(N)=O. The summed E-state index contributed by atoms with van der Waals surface area (Å²) >= 11 is 0. The molecule has 3 aromatic rings. The Morgan fingerprint density at radius 3 is 2.31 bits per heavy atom. The topological polar surface area (TPSA) is 147 Å². The van der Waals surface area contributed by atoms with Gasteiger partial charge in [-0.05, 0) is 41.7 Å². The van der Waals surface area contributed by atoms with Gasteiger partial charge in [0.05, 0.1) is 6.04 Å². The molecule has 0 spiro atoms. The van der Waals surface area contributed by atoms with E-state index in [1.807, 2.05) is 55.7 Å². The van der Waals surface area contributed by atoms with Crippen molar-refractivity contribution < 1.29 is 33.1 Å². The minimum absolute atomic E-state index is 0.0227. The van der Waals surface area contributed by atoms with Gasteiger partial charge >= 0.3 is 0 Å². The Morgan fingerprint density at radius 2 is 1.71 bits per heavy atom. The fourth-order valence-corrected chi connectivity index (χ4v) is 5.31. The largest absolute Gasteiger partial charge is 0.387 e. The predicted molar refractivity (Wildman–Crippen MR) is 165 cm³/mol. The number of rotatable bonds is 14. The predicted octanol–water partition coefficient (Wildman–Crippen LogP) is 3.28. The van der Waals surface area contributed by atoms with Gasteiger partial charge in [-0.2, -0.15) is 0 Å². The lowest BCUT2D eigenvalue weighted by Gasteiger charge is -2.41. The van der Waals surface area contributed by atoms with E-state index in [-0.39, 0.29) is 31.4 Å². The van der Waals surface area contributed by atoms with Crippen LogP contribution >= 0.6 is 0 Å². The smallest absolute Gasteiger partial charge is 0.248 e. The van der Waals surface area contributed by atoms with Gasteiger partial charge in [-0.1, -0.05) is 51.1 Å². The van der Waals surface area contributed by atoms with Gasteiger partial charge in [0.2, 0.25) is 23.6 Å². The number of hydrogen-bond donors (Lipinski definition) is 4. The van der Waals surface area contributed by atoms with Crippen molar-refractivity contribution >= 4 is 23.6 Å². The average molecular weight is 626 g/mol. The number of nitrogens with two attached hydrogens (primary N) is 1. The molecule has 5 N–H and O–H groups in total. The van der Waals surface area contributed by atoms with Crippen LogP contribution in [0.5, 0.6) is 0 Å². The third kappa shape index (κ3) is 9.45. The van der Waals surface area contributed by atoms with Crippen molar-refractivity contribution in [3.8, 4) is 11.1 Å². The van der Waals surface area contributed by atoms with E-state index in [1.54, 1.807) is 12.3 Å². The highest BCUT2D eigenvalue weighted by Gasteiger charge is 2.37. The van der Waals surface area contributed by atoms with Gasteiger partial charge < -0.3 is 30.9 Å².